The van der Waals surface area contributed by atoms with Gasteiger partial charge in [-0.05, 0) is 56.0 Å². The molecule has 160 valence electrons. The van der Waals surface area contributed by atoms with Gasteiger partial charge >= 0.3 is 0 Å². The smallest absolute Gasteiger partial charge is 0.256 e. The average Bonchev–Trinajstić information content (AvgIpc) is 3.45. The Morgan fingerprint density at radius 3 is 2.94 bits per heavy atom. The molecule has 2 aromatic heterocycles. The van der Waals surface area contributed by atoms with E-state index in [2.05, 4.69) is 22.6 Å². The van der Waals surface area contributed by atoms with Gasteiger partial charge in [0.15, 0.2) is 0 Å². The second-order valence-corrected chi connectivity index (χ2v) is 8.93. The Balaban J connectivity index is 1.66. The molecule has 5 rings (SSSR count). The molecule has 1 amide bonds. The number of pyridine rings is 1. The monoisotopic (exact) mass is 418 g/mol. The molecule has 2 atom stereocenters. The number of fused-ring (bicyclic) bond motifs is 2. The van der Waals surface area contributed by atoms with E-state index >= 15 is 0 Å². The molecule has 1 aliphatic heterocycles. The van der Waals surface area contributed by atoms with Crippen LogP contribution in [0.3, 0.4) is 0 Å². The first-order valence-electron chi connectivity index (χ1n) is 10.9. The van der Waals surface area contributed by atoms with E-state index < -0.39 is 5.82 Å². The van der Waals surface area contributed by atoms with Crippen molar-refractivity contribution in [3.8, 4) is 5.69 Å². The van der Waals surface area contributed by atoms with Crippen molar-refractivity contribution in [2.75, 3.05) is 20.1 Å². The number of aromatic nitrogens is 2. The molecule has 0 bridgehead atoms. The lowest BCUT2D eigenvalue weighted by atomic mass is 9.95. The first-order chi connectivity index (χ1) is 14.9. The van der Waals surface area contributed by atoms with Crippen LogP contribution in [0.25, 0.3) is 16.6 Å². The minimum Gasteiger partial charge on any atom is -0.339 e. The molecule has 0 spiro atoms. The van der Waals surface area contributed by atoms with E-state index in [0.29, 0.717) is 23.1 Å². The number of nitrogens with one attached hydrogen (secondary N) is 1. The molecular weight excluding hydrogens is 391 g/mol. The summed E-state index contributed by atoms with van der Waals surface area (Å²) >= 11 is 0. The summed E-state index contributed by atoms with van der Waals surface area (Å²) in [6.07, 6.45) is 9.24. The van der Waals surface area contributed by atoms with Gasteiger partial charge in [-0.2, -0.15) is 0 Å². The van der Waals surface area contributed by atoms with Gasteiger partial charge in [0.1, 0.15) is 5.82 Å². The van der Waals surface area contributed by atoms with Crippen LogP contribution in [-0.2, 0) is 0 Å². The summed E-state index contributed by atoms with van der Waals surface area (Å²) in [5, 5.41) is 4.58. The first-order valence-corrected chi connectivity index (χ1v) is 10.9. The van der Waals surface area contributed by atoms with Gasteiger partial charge in [0.25, 0.3) is 5.91 Å². The highest BCUT2D eigenvalue weighted by Gasteiger charge is 2.32. The molecule has 1 fully saturated rings. The van der Waals surface area contributed by atoms with Gasteiger partial charge < -0.3 is 14.8 Å². The van der Waals surface area contributed by atoms with Gasteiger partial charge in [0.05, 0.1) is 23.0 Å². The zero-order valence-electron chi connectivity index (χ0n) is 18.1. The van der Waals surface area contributed by atoms with Gasteiger partial charge in [0, 0.05) is 49.9 Å². The van der Waals surface area contributed by atoms with Crippen LogP contribution in [0, 0.1) is 11.7 Å². The van der Waals surface area contributed by atoms with E-state index in [-0.39, 0.29) is 11.9 Å². The molecule has 1 N–H and O–H groups in total. The van der Waals surface area contributed by atoms with Crippen LogP contribution in [0.4, 0.5) is 4.39 Å². The third kappa shape index (κ3) is 3.35. The minimum atomic E-state index is -0.417. The van der Waals surface area contributed by atoms with Crippen LogP contribution in [0.15, 0.2) is 54.5 Å². The zero-order chi connectivity index (χ0) is 21.7. The van der Waals surface area contributed by atoms with Gasteiger partial charge in [0.2, 0.25) is 0 Å². The Morgan fingerprint density at radius 1 is 1.32 bits per heavy atom. The van der Waals surface area contributed by atoms with Crippen molar-refractivity contribution >= 4 is 16.8 Å². The molecule has 1 aliphatic carbocycles. The predicted molar refractivity (Wildman–Crippen MR) is 120 cm³/mol. The molecule has 0 saturated carbocycles. The Labute approximate surface area is 181 Å². The van der Waals surface area contributed by atoms with E-state index in [0.717, 1.165) is 30.4 Å². The van der Waals surface area contributed by atoms with Crippen molar-refractivity contribution in [3.63, 3.8) is 0 Å². The Hall–Kier alpha value is -2.99. The van der Waals surface area contributed by atoms with E-state index in [9.17, 15) is 9.18 Å². The van der Waals surface area contributed by atoms with Gasteiger partial charge in [-0.15, -0.1) is 0 Å². The van der Waals surface area contributed by atoms with Crippen molar-refractivity contribution in [1.82, 2.24) is 19.8 Å². The Bertz CT molecular complexity index is 1200. The maximum Gasteiger partial charge on any atom is 0.256 e. The second-order valence-electron chi connectivity index (χ2n) is 8.93. The van der Waals surface area contributed by atoms with Gasteiger partial charge in [-0.1, -0.05) is 11.6 Å². The van der Waals surface area contributed by atoms with E-state index in [1.165, 1.54) is 23.3 Å². The molecule has 2 aliphatic rings. The summed E-state index contributed by atoms with van der Waals surface area (Å²) in [4.78, 5) is 19.2. The molecular formula is C25H27FN4O. The van der Waals surface area contributed by atoms with Crippen molar-refractivity contribution in [2.24, 2.45) is 5.92 Å². The summed E-state index contributed by atoms with van der Waals surface area (Å²) < 4.78 is 16.2. The fourth-order valence-corrected chi connectivity index (χ4v) is 4.85. The molecule has 3 aromatic rings. The molecule has 6 heteroatoms. The number of rotatable bonds is 4. The number of nitrogens with zero attached hydrogens (tertiary/aromatic N) is 3. The topological polar surface area (TPSA) is 50.2 Å². The highest BCUT2D eigenvalue weighted by Crippen LogP contribution is 2.42. The zero-order valence-corrected chi connectivity index (χ0v) is 18.1. The molecule has 3 heterocycles. The van der Waals surface area contributed by atoms with Gasteiger partial charge in [-0.25, -0.2) is 4.39 Å². The lowest BCUT2D eigenvalue weighted by Gasteiger charge is -2.23. The minimum absolute atomic E-state index is 0.0142. The van der Waals surface area contributed by atoms with Crippen LogP contribution in [0.1, 0.15) is 42.1 Å². The number of halogens is 1. The predicted octanol–water partition coefficient (Wildman–Crippen LogP) is 4.28. The summed E-state index contributed by atoms with van der Waals surface area (Å²) in [6, 6.07) is 6.50. The third-order valence-corrected chi connectivity index (χ3v) is 6.78. The molecule has 1 saturated heterocycles. The first kappa shape index (κ1) is 19.9. The van der Waals surface area contributed by atoms with Crippen molar-refractivity contribution < 1.29 is 9.18 Å². The third-order valence-electron chi connectivity index (χ3n) is 6.78. The van der Waals surface area contributed by atoms with Crippen LogP contribution < -0.4 is 5.32 Å². The molecule has 5 nitrogen and oxygen atoms in total. The number of carbonyl (C=O) groups excluding carboxylic acids is 1. The standard InChI is InChI=1S/C25H27FN4O/c1-15(2)29(3)25(31)21-10-19(26)4-5-23(21)30-14-22(20-6-7-27-13-24(20)30)16-8-17-11-28-12-18(17)9-16/h4-8,10,13-16,18,28H,9,11-12H2,1-3H3. The van der Waals surface area contributed by atoms with Crippen LogP contribution >= 0.6 is 0 Å². The molecule has 31 heavy (non-hydrogen) atoms. The largest absolute Gasteiger partial charge is 0.339 e. The van der Waals surface area contributed by atoms with Crippen molar-refractivity contribution in [1.29, 1.82) is 0 Å². The summed E-state index contributed by atoms with van der Waals surface area (Å²) in [5.74, 6) is 0.333. The summed E-state index contributed by atoms with van der Waals surface area (Å²) in [5.41, 5.74) is 4.69. The second kappa shape index (κ2) is 7.61. The van der Waals surface area contributed by atoms with E-state index in [4.69, 9.17) is 0 Å². The number of hydrogen-bond acceptors (Lipinski definition) is 3. The summed E-state index contributed by atoms with van der Waals surface area (Å²) in [6.45, 7) is 5.91. The SMILES string of the molecule is CC(C)N(C)C(=O)c1cc(F)ccc1-n1cc(C2C=C3CNCC3C2)c2ccncc21. The van der Waals surface area contributed by atoms with Gasteiger partial charge in [-0.3, -0.25) is 9.78 Å². The van der Waals surface area contributed by atoms with Crippen molar-refractivity contribution in [3.05, 3.63) is 71.4 Å². The van der Waals surface area contributed by atoms with E-state index in [1.54, 1.807) is 18.0 Å². The normalized spacial score (nSPS) is 20.4. The Morgan fingerprint density at radius 2 is 2.16 bits per heavy atom. The number of allylic oxidation sites excluding steroid dienone is 1. The molecule has 0 radical (unpaired) electrons. The number of carbonyl (C=O) groups is 1. The van der Waals surface area contributed by atoms with Crippen LogP contribution in [0.5, 0.6) is 0 Å². The number of hydrogen-bond donors (Lipinski definition) is 1. The quantitative estimate of drug-likeness (QED) is 0.644. The van der Waals surface area contributed by atoms with E-state index in [1.807, 2.05) is 36.9 Å². The fraction of sp³-hybridized carbons (Fsp3) is 0.360. The van der Waals surface area contributed by atoms with Crippen molar-refractivity contribution in [2.45, 2.75) is 32.2 Å². The maximum atomic E-state index is 14.2. The number of amides is 1. The highest BCUT2D eigenvalue weighted by molar-refractivity contribution is 5.99. The molecule has 1 aromatic carbocycles. The number of benzene rings is 1. The highest BCUT2D eigenvalue weighted by atomic mass is 19.1. The van der Waals surface area contributed by atoms with Crippen LogP contribution in [0.2, 0.25) is 0 Å². The summed E-state index contributed by atoms with van der Waals surface area (Å²) in [7, 11) is 1.75. The average molecular weight is 419 g/mol. The maximum absolute atomic E-state index is 14.2. The van der Waals surface area contributed by atoms with Crippen LogP contribution in [-0.4, -0.2) is 46.5 Å². The Kier molecular flexibility index (Phi) is 4.89. The lowest BCUT2D eigenvalue weighted by molar-refractivity contribution is 0.0754. The fourth-order valence-electron chi connectivity index (χ4n) is 4.85. The lowest BCUT2D eigenvalue weighted by Crippen LogP contribution is -2.33. The molecule has 2 unspecified atom stereocenters.